The summed E-state index contributed by atoms with van der Waals surface area (Å²) in [5.74, 6) is 0. The number of rotatable bonds is 3. The van der Waals surface area contributed by atoms with Crippen LogP contribution in [0.3, 0.4) is 0 Å². The maximum absolute atomic E-state index is 11.8. The van der Waals surface area contributed by atoms with Crippen molar-refractivity contribution in [2.45, 2.75) is 36.6 Å². The lowest BCUT2D eigenvalue weighted by atomic mass is 9.98. The molecule has 0 aliphatic carbocycles. The van der Waals surface area contributed by atoms with E-state index in [1.165, 1.54) is 11.8 Å². The molecule has 0 bridgehead atoms. The van der Waals surface area contributed by atoms with Crippen molar-refractivity contribution in [3.8, 4) is 0 Å². The topological polar surface area (TPSA) is 43.4 Å². The van der Waals surface area contributed by atoms with Crippen molar-refractivity contribution in [2.75, 3.05) is 6.26 Å². The highest BCUT2D eigenvalue weighted by Gasteiger charge is 2.38. The zero-order valence-corrected chi connectivity index (χ0v) is 13.1. The molecule has 1 aliphatic heterocycles. The molecule has 0 spiro atoms. The van der Waals surface area contributed by atoms with Crippen LogP contribution in [0.25, 0.3) is 0 Å². The van der Waals surface area contributed by atoms with E-state index in [0.717, 1.165) is 11.1 Å². The molecule has 3 nitrogen and oxygen atoms in total. The van der Waals surface area contributed by atoms with Gasteiger partial charge in [0, 0.05) is 6.26 Å². The normalized spacial score (nSPS) is 17.6. The average Bonchev–Trinajstić information content (AvgIpc) is 2.73. The zero-order chi connectivity index (χ0) is 13.6. The van der Waals surface area contributed by atoms with Crippen molar-refractivity contribution in [1.29, 1.82) is 0 Å². The Labute approximate surface area is 117 Å². The SMILES string of the molecule is CC(C)(C(Br)c1ccc2c(c1)COC2)S(C)(=O)=O. The van der Waals surface area contributed by atoms with Crippen LogP contribution in [0.2, 0.25) is 0 Å². The Morgan fingerprint density at radius 2 is 1.89 bits per heavy atom. The summed E-state index contributed by atoms with van der Waals surface area (Å²) in [5.41, 5.74) is 3.33. The van der Waals surface area contributed by atoms with Gasteiger partial charge in [0.2, 0.25) is 0 Å². The molecule has 1 unspecified atom stereocenters. The highest BCUT2D eigenvalue weighted by molar-refractivity contribution is 9.09. The summed E-state index contributed by atoms with van der Waals surface area (Å²) < 4.78 is 28.2. The monoisotopic (exact) mass is 332 g/mol. The van der Waals surface area contributed by atoms with Gasteiger partial charge in [0.1, 0.15) is 0 Å². The highest BCUT2D eigenvalue weighted by Crippen LogP contribution is 2.40. The number of benzene rings is 1. The van der Waals surface area contributed by atoms with Gasteiger partial charge in [-0.2, -0.15) is 0 Å². The van der Waals surface area contributed by atoms with Crippen molar-refractivity contribution in [3.05, 3.63) is 34.9 Å². The van der Waals surface area contributed by atoms with E-state index >= 15 is 0 Å². The Kier molecular flexibility index (Phi) is 3.60. The lowest BCUT2D eigenvalue weighted by Gasteiger charge is -2.29. The van der Waals surface area contributed by atoms with Gasteiger partial charge in [-0.25, -0.2) is 8.42 Å². The number of fused-ring (bicyclic) bond motifs is 1. The van der Waals surface area contributed by atoms with Gasteiger partial charge < -0.3 is 4.74 Å². The van der Waals surface area contributed by atoms with Gasteiger partial charge in [-0.15, -0.1) is 0 Å². The van der Waals surface area contributed by atoms with Gasteiger partial charge in [0.05, 0.1) is 22.8 Å². The van der Waals surface area contributed by atoms with E-state index < -0.39 is 14.6 Å². The Bertz CT molecular complexity index is 564. The summed E-state index contributed by atoms with van der Waals surface area (Å²) in [6.07, 6.45) is 1.28. The second-order valence-electron chi connectivity index (χ2n) is 5.26. The third-order valence-electron chi connectivity index (χ3n) is 3.60. The van der Waals surface area contributed by atoms with E-state index in [4.69, 9.17) is 4.74 Å². The van der Waals surface area contributed by atoms with E-state index in [2.05, 4.69) is 15.9 Å². The summed E-state index contributed by atoms with van der Waals surface area (Å²) in [4.78, 5) is -0.231. The predicted molar refractivity (Wildman–Crippen MR) is 75.5 cm³/mol. The van der Waals surface area contributed by atoms with Crippen molar-refractivity contribution in [2.24, 2.45) is 0 Å². The lowest BCUT2D eigenvalue weighted by Crippen LogP contribution is -2.35. The fourth-order valence-corrected chi connectivity index (χ4v) is 3.75. The minimum absolute atomic E-state index is 0.231. The molecule has 0 N–H and O–H groups in total. The molecule has 1 aromatic carbocycles. The van der Waals surface area contributed by atoms with Crippen molar-refractivity contribution >= 4 is 25.8 Å². The van der Waals surface area contributed by atoms with Gasteiger partial charge in [-0.3, -0.25) is 0 Å². The van der Waals surface area contributed by atoms with Crippen molar-refractivity contribution in [3.63, 3.8) is 0 Å². The number of hydrogen-bond donors (Lipinski definition) is 0. The van der Waals surface area contributed by atoms with Crippen LogP contribution >= 0.6 is 15.9 Å². The molecule has 1 heterocycles. The predicted octanol–water partition coefficient (Wildman–Crippen LogP) is 2.98. The number of halogens is 1. The molecule has 2 rings (SSSR count). The Balaban J connectivity index is 2.38. The molecule has 18 heavy (non-hydrogen) atoms. The first-order chi connectivity index (χ1) is 8.23. The summed E-state index contributed by atoms with van der Waals surface area (Å²) in [6.45, 7) is 4.75. The molecular formula is C13H17BrO3S. The fourth-order valence-electron chi connectivity index (χ4n) is 1.94. The van der Waals surface area contributed by atoms with Crippen molar-refractivity contribution in [1.82, 2.24) is 0 Å². The molecule has 100 valence electrons. The van der Waals surface area contributed by atoms with E-state index in [-0.39, 0.29) is 4.83 Å². The smallest absolute Gasteiger partial charge is 0.154 e. The van der Waals surface area contributed by atoms with E-state index in [1.54, 1.807) is 13.8 Å². The first-order valence-corrected chi connectivity index (χ1v) is 8.57. The summed E-state index contributed by atoms with van der Waals surface area (Å²) in [5, 5.41) is 0. The third-order valence-corrected chi connectivity index (χ3v) is 7.73. The molecule has 1 atom stereocenters. The molecular weight excluding hydrogens is 316 g/mol. The molecule has 1 aromatic rings. The molecule has 0 amide bonds. The van der Waals surface area contributed by atoms with E-state index in [9.17, 15) is 8.42 Å². The van der Waals surface area contributed by atoms with Gasteiger partial charge in [-0.1, -0.05) is 34.1 Å². The summed E-state index contributed by atoms with van der Waals surface area (Å²) in [7, 11) is -3.14. The van der Waals surface area contributed by atoms with E-state index in [1.807, 2.05) is 18.2 Å². The van der Waals surface area contributed by atoms with Crippen LogP contribution in [-0.2, 0) is 27.8 Å². The van der Waals surface area contributed by atoms with Gasteiger partial charge in [-0.05, 0) is 30.5 Å². The lowest BCUT2D eigenvalue weighted by molar-refractivity contribution is 0.134. The van der Waals surface area contributed by atoms with Crippen LogP contribution in [0, 0.1) is 0 Å². The average molecular weight is 333 g/mol. The molecule has 5 heteroatoms. The minimum atomic E-state index is -3.14. The number of alkyl halides is 1. The maximum atomic E-state index is 11.8. The first-order valence-electron chi connectivity index (χ1n) is 5.76. The van der Waals surface area contributed by atoms with Crippen LogP contribution in [0.4, 0.5) is 0 Å². The van der Waals surface area contributed by atoms with E-state index in [0.29, 0.717) is 13.2 Å². The van der Waals surface area contributed by atoms with Crippen molar-refractivity contribution < 1.29 is 13.2 Å². The van der Waals surface area contributed by atoms with Gasteiger partial charge >= 0.3 is 0 Å². The Morgan fingerprint density at radius 3 is 2.50 bits per heavy atom. The zero-order valence-electron chi connectivity index (χ0n) is 10.7. The second kappa shape index (κ2) is 4.62. The number of ether oxygens (including phenoxy) is 1. The van der Waals surface area contributed by atoms with Crippen LogP contribution in [-0.4, -0.2) is 19.4 Å². The fraction of sp³-hybridized carbons (Fsp3) is 0.538. The molecule has 1 aliphatic rings. The highest BCUT2D eigenvalue weighted by atomic mass is 79.9. The largest absolute Gasteiger partial charge is 0.372 e. The van der Waals surface area contributed by atoms with Crippen LogP contribution in [0.15, 0.2) is 18.2 Å². The Morgan fingerprint density at radius 1 is 1.28 bits per heavy atom. The quantitative estimate of drug-likeness (QED) is 0.799. The summed E-state index contributed by atoms with van der Waals surface area (Å²) in [6, 6.07) is 6.03. The molecule has 0 saturated heterocycles. The molecule has 0 saturated carbocycles. The first kappa shape index (κ1) is 14.0. The third kappa shape index (κ3) is 2.36. The Hall–Kier alpha value is -0.390. The second-order valence-corrected chi connectivity index (χ2v) is 8.77. The maximum Gasteiger partial charge on any atom is 0.154 e. The van der Waals surface area contributed by atoms with Gasteiger partial charge in [0.15, 0.2) is 9.84 Å². The van der Waals surface area contributed by atoms with Crippen LogP contribution in [0.1, 0.15) is 35.4 Å². The molecule has 0 fully saturated rings. The summed E-state index contributed by atoms with van der Waals surface area (Å²) >= 11 is 3.53. The minimum Gasteiger partial charge on any atom is -0.372 e. The molecule has 0 aromatic heterocycles. The number of sulfone groups is 1. The molecule has 0 radical (unpaired) electrons. The van der Waals surface area contributed by atoms with Crippen LogP contribution < -0.4 is 0 Å². The standard InChI is InChI=1S/C13H17BrO3S/c1-13(2,18(3,15)16)12(14)9-4-5-10-7-17-8-11(10)6-9/h4-6,12H,7-8H2,1-3H3. The van der Waals surface area contributed by atoms with Crippen LogP contribution in [0.5, 0.6) is 0 Å². The van der Waals surface area contributed by atoms with Gasteiger partial charge in [0.25, 0.3) is 0 Å². The number of hydrogen-bond acceptors (Lipinski definition) is 3.